The van der Waals surface area contributed by atoms with Gasteiger partial charge in [0.1, 0.15) is 11.9 Å². The molecule has 36 heavy (non-hydrogen) atoms. The number of hydrogen-bond acceptors (Lipinski definition) is 5. The fourth-order valence-electron chi connectivity index (χ4n) is 4.43. The van der Waals surface area contributed by atoms with Gasteiger partial charge in [0.05, 0.1) is 12.7 Å². The molecule has 0 bridgehead atoms. The van der Waals surface area contributed by atoms with Crippen molar-refractivity contribution in [1.29, 1.82) is 0 Å². The van der Waals surface area contributed by atoms with E-state index in [0.717, 1.165) is 23.1 Å². The second-order valence-corrected chi connectivity index (χ2v) is 10.3. The Hall–Kier alpha value is -2.50. The van der Waals surface area contributed by atoms with Gasteiger partial charge in [0.2, 0.25) is 0 Å². The van der Waals surface area contributed by atoms with Gasteiger partial charge in [-0.3, -0.25) is 4.79 Å². The van der Waals surface area contributed by atoms with Crippen molar-refractivity contribution in [1.82, 2.24) is 0 Å². The molecule has 0 radical (unpaired) electrons. The molecule has 2 N–H and O–H groups in total. The summed E-state index contributed by atoms with van der Waals surface area (Å²) < 4.78 is 5.24. The number of carbonyl (C=O) groups excluding carboxylic acids is 2. The van der Waals surface area contributed by atoms with Crippen LogP contribution in [0.4, 0.5) is 0 Å². The third kappa shape index (κ3) is 12.0. The smallest absolute Gasteiger partial charge is 0.331 e. The molecule has 0 aromatic rings. The van der Waals surface area contributed by atoms with Crippen molar-refractivity contribution in [2.75, 3.05) is 6.61 Å². The van der Waals surface area contributed by atoms with Gasteiger partial charge in [0.25, 0.3) is 0 Å². The molecule has 5 heteroatoms. The summed E-state index contributed by atoms with van der Waals surface area (Å²) in [7, 11) is 0. The summed E-state index contributed by atoms with van der Waals surface area (Å²) in [6.07, 6.45) is 18.6. The molecule has 1 aliphatic heterocycles. The first-order chi connectivity index (χ1) is 16.9. The Morgan fingerprint density at radius 1 is 1.11 bits per heavy atom. The lowest BCUT2D eigenvalue weighted by Gasteiger charge is -2.25. The molecular formula is C31H46O5. The fraction of sp³-hybridized carbons (Fsp3) is 0.548. The van der Waals surface area contributed by atoms with E-state index in [2.05, 4.69) is 19.1 Å². The summed E-state index contributed by atoms with van der Waals surface area (Å²) in [6.45, 7) is 13.7. The minimum absolute atomic E-state index is 0.0134. The van der Waals surface area contributed by atoms with E-state index in [4.69, 9.17) is 9.84 Å². The molecule has 0 aliphatic carbocycles. The number of esters is 1. The van der Waals surface area contributed by atoms with Crippen LogP contribution in [0.2, 0.25) is 0 Å². The van der Waals surface area contributed by atoms with Crippen LogP contribution in [0.5, 0.6) is 0 Å². The van der Waals surface area contributed by atoms with Gasteiger partial charge in [-0.1, -0.05) is 86.9 Å². The molecule has 6 atom stereocenters. The minimum atomic E-state index is -0.724. The number of Topliss-reactive ketones (excluding diaryl/α,β-unsaturated/α-hetero) is 1. The summed E-state index contributed by atoms with van der Waals surface area (Å²) in [5, 5.41) is 19.7. The number of ether oxygens (including phenoxy) is 1. The summed E-state index contributed by atoms with van der Waals surface area (Å²) in [4.78, 5) is 24.2. The molecule has 0 amide bonds. The summed E-state index contributed by atoms with van der Waals surface area (Å²) >= 11 is 0. The zero-order chi connectivity index (χ0) is 27.3. The predicted octanol–water partition coefficient (Wildman–Crippen LogP) is 6.06. The Bertz CT molecular complexity index is 902. The average molecular weight is 499 g/mol. The van der Waals surface area contributed by atoms with Crippen LogP contribution in [0.15, 0.2) is 71.4 Å². The van der Waals surface area contributed by atoms with Crippen LogP contribution < -0.4 is 0 Å². The first-order valence-electron chi connectivity index (χ1n) is 13.0. The van der Waals surface area contributed by atoms with Gasteiger partial charge in [0.15, 0.2) is 0 Å². The molecule has 0 saturated carbocycles. The number of cyclic esters (lactones) is 1. The zero-order valence-electron chi connectivity index (χ0n) is 23.1. The van der Waals surface area contributed by atoms with Gasteiger partial charge < -0.3 is 14.9 Å². The largest absolute Gasteiger partial charge is 0.455 e. The molecule has 5 nitrogen and oxygen atoms in total. The van der Waals surface area contributed by atoms with Crippen LogP contribution in [0, 0.1) is 23.7 Å². The van der Waals surface area contributed by atoms with E-state index in [0.29, 0.717) is 18.8 Å². The predicted molar refractivity (Wildman–Crippen MR) is 147 cm³/mol. The van der Waals surface area contributed by atoms with Crippen molar-refractivity contribution in [3.8, 4) is 0 Å². The summed E-state index contributed by atoms with van der Waals surface area (Å²) in [5.41, 5.74) is 3.16. The van der Waals surface area contributed by atoms with E-state index in [1.165, 1.54) is 6.08 Å². The molecule has 1 aliphatic rings. The van der Waals surface area contributed by atoms with Crippen molar-refractivity contribution in [2.45, 2.75) is 79.9 Å². The normalized spacial score (nSPS) is 22.0. The molecular weight excluding hydrogens is 452 g/mol. The molecule has 0 aromatic carbocycles. The molecule has 0 spiro atoms. The first kappa shape index (κ1) is 31.5. The quantitative estimate of drug-likeness (QED) is 0.173. The van der Waals surface area contributed by atoms with Crippen molar-refractivity contribution in [3.05, 3.63) is 71.4 Å². The van der Waals surface area contributed by atoms with Crippen LogP contribution in [-0.4, -0.2) is 40.8 Å². The number of aliphatic hydroxyl groups is 2. The SMILES string of the molecule is CC(C=CC1CC=CC(=O)O1)=CC(C)CC=CC(C)=CC(C)C(=O)C(C)C(O)C(C)CC(C)=CCO. The second kappa shape index (κ2) is 16.3. The number of rotatable bonds is 14. The van der Waals surface area contributed by atoms with Gasteiger partial charge in [-0.2, -0.15) is 0 Å². The third-order valence-electron chi connectivity index (χ3n) is 6.49. The third-order valence-corrected chi connectivity index (χ3v) is 6.49. The maximum Gasteiger partial charge on any atom is 0.331 e. The average Bonchev–Trinajstić information content (AvgIpc) is 2.81. The van der Waals surface area contributed by atoms with E-state index in [-0.39, 0.29) is 36.3 Å². The lowest BCUT2D eigenvalue weighted by Crippen LogP contribution is -2.34. The molecule has 1 heterocycles. The summed E-state index contributed by atoms with van der Waals surface area (Å²) in [6, 6.07) is 0. The van der Waals surface area contributed by atoms with E-state index < -0.39 is 12.0 Å². The van der Waals surface area contributed by atoms with Crippen LogP contribution in [-0.2, 0) is 14.3 Å². The molecule has 200 valence electrons. The maximum absolute atomic E-state index is 12.9. The van der Waals surface area contributed by atoms with Crippen LogP contribution in [0.25, 0.3) is 0 Å². The van der Waals surface area contributed by atoms with Gasteiger partial charge in [-0.15, -0.1) is 0 Å². The lowest BCUT2D eigenvalue weighted by molar-refractivity contribution is -0.141. The van der Waals surface area contributed by atoms with E-state index in [9.17, 15) is 14.7 Å². The number of hydrogen-bond donors (Lipinski definition) is 2. The van der Waals surface area contributed by atoms with Crippen molar-refractivity contribution in [2.24, 2.45) is 23.7 Å². The number of aliphatic hydroxyl groups excluding tert-OH is 2. The first-order valence-corrected chi connectivity index (χ1v) is 13.0. The molecule has 1 rings (SSSR count). The Kier molecular flexibility index (Phi) is 14.3. The van der Waals surface area contributed by atoms with Crippen molar-refractivity contribution < 1.29 is 24.5 Å². The zero-order valence-corrected chi connectivity index (χ0v) is 23.1. The monoisotopic (exact) mass is 498 g/mol. The highest BCUT2D eigenvalue weighted by atomic mass is 16.5. The van der Waals surface area contributed by atoms with Gasteiger partial charge in [-0.05, 0) is 51.5 Å². The molecule has 0 fully saturated rings. The van der Waals surface area contributed by atoms with Gasteiger partial charge in [0, 0.05) is 24.3 Å². The lowest BCUT2D eigenvalue weighted by atomic mass is 9.83. The Morgan fingerprint density at radius 2 is 1.78 bits per heavy atom. The number of allylic oxidation sites excluding steroid dienone is 8. The molecule has 0 aromatic heterocycles. The highest BCUT2D eigenvalue weighted by Gasteiger charge is 2.29. The van der Waals surface area contributed by atoms with Gasteiger partial charge in [-0.25, -0.2) is 4.79 Å². The second-order valence-electron chi connectivity index (χ2n) is 10.3. The highest BCUT2D eigenvalue weighted by Crippen LogP contribution is 2.24. The Morgan fingerprint density at radius 3 is 2.42 bits per heavy atom. The number of carbonyl (C=O) groups is 2. The molecule has 6 unspecified atom stereocenters. The topological polar surface area (TPSA) is 83.8 Å². The number of ketones is 1. The highest BCUT2D eigenvalue weighted by molar-refractivity contribution is 5.85. The molecule has 0 saturated heterocycles. The Labute approximate surface area is 218 Å². The maximum atomic E-state index is 12.9. The van der Waals surface area contributed by atoms with Crippen LogP contribution in [0.1, 0.15) is 67.7 Å². The van der Waals surface area contributed by atoms with Crippen LogP contribution in [0.3, 0.4) is 0 Å². The Balaban J connectivity index is 2.59. The fourth-order valence-corrected chi connectivity index (χ4v) is 4.43. The van der Waals surface area contributed by atoms with Crippen molar-refractivity contribution in [3.63, 3.8) is 0 Å². The van der Waals surface area contributed by atoms with Crippen molar-refractivity contribution >= 4 is 11.8 Å². The van der Waals surface area contributed by atoms with Crippen LogP contribution >= 0.6 is 0 Å². The van der Waals surface area contributed by atoms with E-state index >= 15 is 0 Å². The van der Waals surface area contributed by atoms with E-state index in [1.54, 1.807) is 13.0 Å². The summed E-state index contributed by atoms with van der Waals surface area (Å²) in [5.74, 6) is -0.729. The van der Waals surface area contributed by atoms with E-state index in [1.807, 2.05) is 65.0 Å². The van der Waals surface area contributed by atoms with Gasteiger partial charge >= 0.3 is 5.97 Å². The standard InChI is InChI=1S/C31H46O5/c1-21(18-23(3)14-15-28-12-9-13-29(33)36-28)10-8-11-22(2)19-25(5)30(34)27(7)31(35)26(6)20-24(4)16-17-32/h8-9,11,13-16,18-19,21,25-28,31-32,35H,10,12,17,20H2,1-7H3. The minimum Gasteiger partial charge on any atom is -0.455 e.